The molecule has 0 bridgehead atoms. The third-order valence-corrected chi connectivity index (χ3v) is 4.54. The van der Waals surface area contributed by atoms with Crippen LogP contribution in [0, 0.1) is 0 Å². The van der Waals surface area contributed by atoms with Gasteiger partial charge in [0.25, 0.3) is 0 Å². The smallest absolute Gasteiger partial charge is 0.234 e. The van der Waals surface area contributed by atoms with Crippen molar-refractivity contribution < 1.29 is 4.79 Å². The maximum atomic E-state index is 12.1. The fourth-order valence-corrected chi connectivity index (χ4v) is 3.12. The van der Waals surface area contributed by atoms with Gasteiger partial charge in [0.1, 0.15) is 0 Å². The number of amides is 1. The molecular formula is C17H20N2OS. The molecule has 0 unspecified atom stereocenters. The summed E-state index contributed by atoms with van der Waals surface area (Å²) in [6.45, 7) is 1.99. The molecule has 21 heavy (non-hydrogen) atoms. The minimum atomic E-state index is 0.113. The molecular weight excluding hydrogens is 280 g/mol. The van der Waals surface area contributed by atoms with E-state index in [4.69, 9.17) is 0 Å². The lowest BCUT2D eigenvalue weighted by Crippen LogP contribution is -2.37. The van der Waals surface area contributed by atoms with Gasteiger partial charge >= 0.3 is 0 Å². The van der Waals surface area contributed by atoms with Crippen molar-refractivity contribution in [3.8, 4) is 0 Å². The van der Waals surface area contributed by atoms with Crippen LogP contribution in [0.4, 0.5) is 0 Å². The van der Waals surface area contributed by atoms with Crippen molar-refractivity contribution in [3.05, 3.63) is 58.3 Å². The lowest BCUT2D eigenvalue weighted by atomic mass is 10.2. The Labute approximate surface area is 129 Å². The summed E-state index contributed by atoms with van der Waals surface area (Å²) in [7, 11) is 0. The van der Waals surface area contributed by atoms with E-state index in [9.17, 15) is 4.79 Å². The highest BCUT2D eigenvalue weighted by Gasteiger charge is 2.30. The highest BCUT2D eigenvalue weighted by molar-refractivity contribution is 7.09. The molecule has 0 radical (unpaired) electrons. The fourth-order valence-electron chi connectivity index (χ4n) is 2.39. The van der Waals surface area contributed by atoms with E-state index in [0.29, 0.717) is 19.1 Å². The number of carbonyl (C=O) groups excluding carboxylic acids is 1. The molecule has 1 fully saturated rings. The van der Waals surface area contributed by atoms with E-state index in [1.54, 1.807) is 11.3 Å². The Balaban J connectivity index is 1.50. The summed E-state index contributed by atoms with van der Waals surface area (Å²) >= 11 is 1.76. The Bertz CT molecular complexity index is 564. The highest BCUT2D eigenvalue weighted by atomic mass is 32.1. The fraction of sp³-hybridized carbons (Fsp3) is 0.353. The molecule has 1 saturated carbocycles. The molecule has 110 valence electrons. The predicted octanol–water partition coefficient (Wildman–Crippen LogP) is 3.03. The average molecular weight is 300 g/mol. The first-order chi connectivity index (χ1) is 10.3. The van der Waals surface area contributed by atoms with Crippen LogP contribution < -0.4 is 5.32 Å². The number of benzene rings is 1. The van der Waals surface area contributed by atoms with Crippen molar-refractivity contribution in [3.63, 3.8) is 0 Å². The molecule has 1 aromatic carbocycles. The highest BCUT2D eigenvalue weighted by Crippen LogP contribution is 2.28. The van der Waals surface area contributed by atoms with E-state index in [-0.39, 0.29) is 5.91 Å². The summed E-state index contributed by atoms with van der Waals surface area (Å²) in [5.41, 5.74) is 1.14. The quantitative estimate of drug-likeness (QED) is 0.852. The van der Waals surface area contributed by atoms with E-state index in [1.165, 1.54) is 17.7 Å². The zero-order valence-electron chi connectivity index (χ0n) is 12.0. The number of hydrogen-bond donors (Lipinski definition) is 1. The Morgan fingerprint density at radius 1 is 1.19 bits per heavy atom. The molecule has 0 spiro atoms. The van der Waals surface area contributed by atoms with Gasteiger partial charge in [-0.1, -0.05) is 36.4 Å². The van der Waals surface area contributed by atoms with Crippen molar-refractivity contribution in [1.29, 1.82) is 0 Å². The number of thiophene rings is 1. The van der Waals surface area contributed by atoms with Crippen LogP contribution in [0.15, 0.2) is 47.8 Å². The summed E-state index contributed by atoms with van der Waals surface area (Å²) in [4.78, 5) is 15.8. The van der Waals surface area contributed by atoms with E-state index in [0.717, 1.165) is 12.1 Å². The zero-order valence-corrected chi connectivity index (χ0v) is 12.8. The van der Waals surface area contributed by atoms with Gasteiger partial charge in [0.15, 0.2) is 0 Å². The van der Waals surface area contributed by atoms with Crippen LogP contribution >= 0.6 is 11.3 Å². The molecule has 2 aromatic rings. The van der Waals surface area contributed by atoms with Crippen LogP contribution in [-0.4, -0.2) is 23.4 Å². The van der Waals surface area contributed by atoms with Gasteiger partial charge in [0.2, 0.25) is 5.91 Å². The number of carbonyl (C=O) groups is 1. The normalized spacial score (nSPS) is 14.3. The zero-order chi connectivity index (χ0) is 14.5. The Morgan fingerprint density at radius 2 is 2.00 bits per heavy atom. The second-order valence-electron chi connectivity index (χ2n) is 5.48. The Morgan fingerprint density at radius 3 is 2.67 bits per heavy atom. The molecule has 3 rings (SSSR count). The average Bonchev–Trinajstić information content (AvgIpc) is 3.24. The number of rotatable bonds is 7. The van der Waals surface area contributed by atoms with Gasteiger partial charge in [0.05, 0.1) is 6.54 Å². The van der Waals surface area contributed by atoms with Crippen LogP contribution in [0.5, 0.6) is 0 Å². The van der Waals surface area contributed by atoms with Gasteiger partial charge in [-0.25, -0.2) is 0 Å². The first kappa shape index (κ1) is 14.3. The molecule has 1 heterocycles. The second kappa shape index (κ2) is 6.87. The topological polar surface area (TPSA) is 32.3 Å². The van der Waals surface area contributed by atoms with Crippen LogP contribution in [0.2, 0.25) is 0 Å². The van der Waals surface area contributed by atoms with Gasteiger partial charge in [-0.3, -0.25) is 9.69 Å². The van der Waals surface area contributed by atoms with Crippen LogP contribution in [-0.2, 0) is 17.9 Å². The van der Waals surface area contributed by atoms with Gasteiger partial charge in [0, 0.05) is 24.0 Å². The maximum absolute atomic E-state index is 12.1. The number of hydrogen-bond acceptors (Lipinski definition) is 3. The largest absolute Gasteiger partial charge is 0.351 e. The SMILES string of the molecule is O=C(CN(Cc1cccs1)C1CC1)NCc1ccccc1. The van der Waals surface area contributed by atoms with E-state index >= 15 is 0 Å². The minimum Gasteiger partial charge on any atom is -0.351 e. The standard InChI is InChI=1S/C17H20N2OS/c20-17(18-11-14-5-2-1-3-6-14)13-19(15-8-9-15)12-16-7-4-10-21-16/h1-7,10,15H,8-9,11-13H2,(H,18,20). The molecule has 1 aliphatic carbocycles. The van der Waals surface area contributed by atoms with Crippen molar-refractivity contribution in [1.82, 2.24) is 10.2 Å². The van der Waals surface area contributed by atoms with E-state index in [1.807, 2.05) is 30.3 Å². The number of nitrogens with zero attached hydrogens (tertiary/aromatic N) is 1. The molecule has 3 nitrogen and oxygen atoms in total. The lowest BCUT2D eigenvalue weighted by Gasteiger charge is -2.20. The molecule has 1 amide bonds. The Kier molecular flexibility index (Phi) is 4.68. The van der Waals surface area contributed by atoms with Gasteiger partial charge in [-0.05, 0) is 29.9 Å². The maximum Gasteiger partial charge on any atom is 0.234 e. The van der Waals surface area contributed by atoms with Gasteiger partial charge in [-0.2, -0.15) is 0 Å². The Hall–Kier alpha value is -1.65. The lowest BCUT2D eigenvalue weighted by molar-refractivity contribution is -0.122. The minimum absolute atomic E-state index is 0.113. The van der Waals surface area contributed by atoms with Crippen molar-refractivity contribution in [2.24, 2.45) is 0 Å². The monoisotopic (exact) mass is 300 g/mol. The van der Waals surface area contributed by atoms with E-state index < -0.39 is 0 Å². The van der Waals surface area contributed by atoms with Crippen molar-refractivity contribution in [2.75, 3.05) is 6.54 Å². The molecule has 4 heteroatoms. The predicted molar refractivity (Wildman–Crippen MR) is 86.0 cm³/mol. The molecule has 0 aliphatic heterocycles. The van der Waals surface area contributed by atoms with Gasteiger partial charge in [-0.15, -0.1) is 11.3 Å². The summed E-state index contributed by atoms with van der Waals surface area (Å²) in [6.07, 6.45) is 2.44. The molecule has 1 N–H and O–H groups in total. The summed E-state index contributed by atoms with van der Waals surface area (Å²) in [5.74, 6) is 0.113. The first-order valence-corrected chi connectivity index (χ1v) is 8.26. The molecule has 1 aromatic heterocycles. The van der Waals surface area contributed by atoms with Crippen LogP contribution in [0.3, 0.4) is 0 Å². The second-order valence-corrected chi connectivity index (χ2v) is 6.51. The number of nitrogens with one attached hydrogen (secondary N) is 1. The molecule has 0 atom stereocenters. The van der Waals surface area contributed by atoms with Crippen molar-refractivity contribution in [2.45, 2.75) is 32.0 Å². The third-order valence-electron chi connectivity index (χ3n) is 3.68. The summed E-state index contributed by atoms with van der Waals surface area (Å²) in [5, 5.41) is 5.11. The van der Waals surface area contributed by atoms with Crippen LogP contribution in [0.1, 0.15) is 23.3 Å². The molecule has 1 aliphatic rings. The van der Waals surface area contributed by atoms with E-state index in [2.05, 4.69) is 27.7 Å². The van der Waals surface area contributed by atoms with Gasteiger partial charge < -0.3 is 5.32 Å². The summed E-state index contributed by atoms with van der Waals surface area (Å²) in [6, 6.07) is 14.8. The van der Waals surface area contributed by atoms with Crippen molar-refractivity contribution >= 4 is 17.2 Å². The summed E-state index contributed by atoms with van der Waals surface area (Å²) < 4.78 is 0. The first-order valence-electron chi connectivity index (χ1n) is 7.38. The van der Waals surface area contributed by atoms with Crippen LogP contribution in [0.25, 0.3) is 0 Å². The molecule has 0 saturated heterocycles. The third kappa shape index (κ3) is 4.41.